The number of hydrogen-bond acceptors (Lipinski definition) is 0. The van der Waals surface area contributed by atoms with Crippen molar-refractivity contribution in [3.63, 3.8) is 0 Å². The predicted octanol–water partition coefficient (Wildman–Crippen LogP) is 9.23. The molecule has 0 radical (unpaired) electrons. The lowest BCUT2D eigenvalue weighted by Gasteiger charge is -2.24. The molecular formula is C27H48. The van der Waals surface area contributed by atoms with Gasteiger partial charge in [-0.3, -0.25) is 0 Å². The number of hydrogen-bond donors (Lipinski definition) is 0. The summed E-state index contributed by atoms with van der Waals surface area (Å²) in [6.07, 6.45) is 20.0. The molecule has 0 nitrogen and oxygen atoms in total. The summed E-state index contributed by atoms with van der Waals surface area (Å²) < 4.78 is 0. The second-order valence-electron chi connectivity index (χ2n) is 9.36. The molecular weight excluding hydrogens is 324 g/mol. The monoisotopic (exact) mass is 372 g/mol. The Balaban J connectivity index is 2.05. The molecule has 0 heteroatoms. The van der Waals surface area contributed by atoms with Crippen LogP contribution in [0.3, 0.4) is 0 Å². The van der Waals surface area contributed by atoms with Gasteiger partial charge >= 0.3 is 0 Å². The van der Waals surface area contributed by atoms with Crippen molar-refractivity contribution in [3.05, 3.63) is 35.9 Å². The standard InChI is InChI=1S/C27H48/c1-5-6-7-8-9-10-11-12-13-14-16-19-25(4)22-27(24(2)3)23-26-20-17-15-18-21-26/h15,17-18,20-21,24-25,27H,5-14,16,19,22-23H2,1-4H3. The van der Waals surface area contributed by atoms with Gasteiger partial charge in [0.1, 0.15) is 0 Å². The number of benzene rings is 1. The van der Waals surface area contributed by atoms with Gasteiger partial charge in [0.05, 0.1) is 0 Å². The van der Waals surface area contributed by atoms with Gasteiger partial charge in [-0.1, -0.05) is 135 Å². The van der Waals surface area contributed by atoms with E-state index in [4.69, 9.17) is 0 Å². The Kier molecular flexibility index (Phi) is 14.6. The van der Waals surface area contributed by atoms with Crippen LogP contribution in [0.25, 0.3) is 0 Å². The molecule has 0 aliphatic carbocycles. The lowest BCUT2D eigenvalue weighted by atomic mass is 9.81. The molecule has 1 aromatic carbocycles. The Labute approximate surface area is 171 Å². The van der Waals surface area contributed by atoms with Gasteiger partial charge in [-0.25, -0.2) is 0 Å². The minimum absolute atomic E-state index is 0.782. The molecule has 27 heavy (non-hydrogen) atoms. The van der Waals surface area contributed by atoms with E-state index in [0.717, 1.165) is 17.8 Å². The van der Waals surface area contributed by atoms with Crippen molar-refractivity contribution < 1.29 is 0 Å². The molecule has 2 atom stereocenters. The summed E-state index contributed by atoms with van der Waals surface area (Å²) in [5, 5.41) is 0. The minimum atomic E-state index is 0.782. The zero-order valence-electron chi connectivity index (χ0n) is 19.0. The van der Waals surface area contributed by atoms with Crippen molar-refractivity contribution in [2.45, 2.75) is 118 Å². The first-order valence-electron chi connectivity index (χ1n) is 12.2. The molecule has 0 aliphatic rings. The van der Waals surface area contributed by atoms with Crippen LogP contribution in [0.4, 0.5) is 0 Å². The minimum Gasteiger partial charge on any atom is -0.0654 e. The van der Waals surface area contributed by atoms with E-state index < -0.39 is 0 Å². The molecule has 0 amide bonds. The first kappa shape index (κ1) is 24.3. The van der Waals surface area contributed by atoms with E-state index in [1.165, 1.54) is 95.5 Å². The molecule has 0 aliphatic heterocycles. The summed E-state index contributed by atoms with van der Waals surface area (Å²) >= 11 is 0. The van der Waals surface area contributed by atoms with Crippen LogP contribution in [0.15, 0.2) is 30.3 Å². The molecule has 0 saturated heterocycles. The fraction of sp³-hybridized carbons (Fsp3) is 0.778. The number of rotatable bonds is 17. The fourth-order valence-electron chi connectivity index (χ4n) is 4.30. The third kappa shape index (κ3) is 13.1. The maximum Gasteiger partial charge on any atom is -0.0248 e. The van der Waals surface area contributed by atoms with Crippen molar-refractivity contribution >= 4 is 0 Å². The summed E-state index contributed by atoms with van der Waals surface area (Å²) in [5.41, 5.74) is 1.51. The Bertz CT molecular complexity index is 419. The third-order valence-corrected chi connectivity index (χ3v) is 6.29. The zero-order valence-corrected chi connectivity index (χ0v) is 19.0. The van der Waals surface area contributed by atoms with Gasteiger partial charge in [0.25, 0.3) is 0 Å². The van der Waals surface area contributed by atoms with Gasteiger partial charge < -0.3 is 0 Å². The summed E-state index contributed by atoms with van der Waals surface area (Å²) in [5.74, 6) is 2.49. The SMILES string of the molecule is CCCCCCCCCCCCCC(C)CC(Cc1ccccc1)C(C)C. The largest absolute Gasteiger partial charge is 0.0654 e. The normalized spacial score (nSPS) is 13.8. The van der Waals surface area contributed by atoms with Crippen molar-refractivity contribution in [1.82, 2.24) is 0 Å². The molecule has 0 heterocycles. The first-order chi connectivity index (χ1) is 13.1. The third-order valence-electron chi connectivity index (χ3n) is 6.29. The average Bonchev–Trinajstić information content (AvgIpc) is 2.66. The molecule has 1 rings (SSSR count). The summed E-state index contributed by atoms with van der Waals surface area (Å²) in [6, 6.07) is 11.1. The quantitative estimate of drug-likeness (QED) is 0.239. The molecule has 1 aromatic rings. The lowest BCUT2D eigenvalue weighted by Crippen LogP contribution is -2.15. The van der Waals surface area contributed by atoms with Gasteiger partial charge in [-0.2, -0.15) is 0 Å². The van der Waals surface area contributed by atoms with Crippen LogP contribution in [-0.2, 0) is 6.42 Å². The second-order valence-corrected chi connectivity index (χ2v) is 9.36. The predicted molar refractivity (Wildman–Crippen MR) is 123 cm³/mol. The molecule has 0 N–H and O–H groups in total. The Morgan fingerprint density at radius 2 is 1.19 bits per heavy atom. The van der Waals surface area contributed by atoms with Crippen molar-refractivity contribution in [3.8, 4) is 0 Å². The van der Waals surface area contributed by atoms with Crippen LogP contribution in [-0.4, -0.2) is 0 Å². The van der Waals surface area contributed by atoms with Gasteiger partial charge in [0.2, 0.25) is 0 Å². The summed E-state index contributed by atoms with van der Waals surface area (Å²) in [4.78, 5) is 0. The molecule has 2 unspecified atom stereocenters. The van der Waals surface area contributed by atoms with Crippen LogP contribution in [0.5, 0.6) is 0 Å². The highest BCUT2D eigenvalue weighted by molar-refractivity contribution is 5.15. The van der Waals surface area contributed by atoms with Gasteiger partial charge in [-0.05, 0) is 36.2 Å². The lowest BCUT2D eigenvalue weighted by molar-refractivity contribution is 0.292. The average molecular weight is 373 g/mol. The Hall–Kier alpha value is -0.780. The highest BCUT2D eigenvalue weighted by Gasteiger charge is 2.17. The molecule has 0 spiro atoms. The van der Waals surface area contributed by atoms with Gasteiger partial charge in [-0.15, -0.1) is 0 Å². The number of unbranched alkanes of at least 4 members (excludes halogenated alkanes) is 10. The van der Waals surface area contributed by atoms with E-state index in [9.17, 15) is 0 Å². The summed E-state index contributed by atoms with van der Waals surface area (Å²) in [6.45, 7) is 9.59. The Morgan fingerprint density at radius 1 is 0.667 bits per heavy atom. The smallest absolute Gasteiger partial charge is 0.0248 e. The highest BCUT2D eigenvalue weighted by Crippen LogP contribution is 2.27. The van der Waals surface area contributed by atoms with E-state index in [1.807, 2.05) is 0 Å². The van der Waals surface area contributed by atoms with E-state index in [0.29, 0.717) is 0 Å². The van der Waals surface area contributed by atoms with E-state index >= 15 is 0 Å². The van der Waals surface area contributed by atoms with E-state index in [-0.39, 0.29) is 0 Å². The highest BCUT2D eigenvalue weighted by atomic mass is 14.2. The fourth-order valence-corrected chi connectivity index (χ4v) is 4.30. The van der Waals surface area contributed by atoms with Gasteiger partial charge in [0.15, 0.2) is 0 Å². The van der Waals surface area contributed by atoms with Crippen molar-refractivity contribution in [2.75, 3.05) is 0 Å². The van der Waals surface area contributed by atoms with Crippen LogP contribution >= 0.6 is 0 Å². The topological polar surface area (TPSA) is 0 Å². The Morgan fingerprint density at radius 3 is 1.70 bits per heavy atom. The summed E-state index contributed by atoms with van der Waals surface area (Å²) in [7, 11) is 0. The van der Waals surface area contributed by atoms with Crippen molar-refractivity contribution in [2.24, 2.45) is 17.8 Å². The van der Waals surface area contributed by atoms with Crippen LogP contribution in [0.2, 0.25) is 0 Å². The molecule has 0 bridgehead atoms. The van der Waals surface area contributed by atoms with Gasteiger partial charge in [0, 0.05) is 0 Å². The first-order valence-corrected chi connectivity index (χ1v) is 12.2. The zero-order chi connectivity index (χ0) is 19.7. The molecule has 0 fully saturated rings. The van der Waals surface area contributed by atoms with E-state index in [2.05, 4.69) is 58.0 Å². The van der Waals surface area contributed by atoms with Crippen LogP contribution in [0.1, 0.15) is 117 Å². The maximum atomic E-state index is 2.48. The molecule has 0 saturated carbocycles. The molecule has 0 aromatic heterocycles. The maximum absolute atomic E-state index is 2.48. The van der Waals surface area contributed by atoms with Crippen molar-refractivity contribution in [1.29, 1.82) is 0 Å². The van der Waals surface area contributed by atoms with Crippen LogP contribution < -0.4 is 0 Å². The second kappa shape index (κ2) is 16.2. The van der Waals surface area contributed by atoms with Crippen LogP contribution in [0, 0.1) is 17.8 Å². The molecule has 156 valence electrons. The van der Waals surface area contributed by atoms with E-state index in [1.54, 1.807) is 0 Å².